The van der Waals surface area contributed by atoms with Crippen LogP contribution in [0.1, 0.15) is 29.8 Å². The minimum absolute atomic E-state index is 0.0648. The monoisotopic (exact) mass is 407 g/mol. The summed E-state index contributed by atoms with van der Waals surface area (Å²) in [4.78, 5) is 14.3. The molecular formula is C23H26FN5O. The second-order valence-electron chi connectivity index (χ2n) is 7.78. The van der Waals surface area contributed by atoms with Crippen molar-refractivity contribution in [1.29, 1.82) is 0 Å². The molecule has 1 fully saturated rings. The lowest BCUT2D eigenvalue weighted by Crippen LogP contribution is -2.44. The molecule has 0 bridgehead atoms. The number of nitrogens with one attached hydrogen (secondary N) is 1. The van der Waals surface area contributed by atoms with E-state index >= 15 is 0 Å². The molecule has 0 unspecified atom stereocenters. The van der Waals surface area contributed by atoms with Gasteiger partial charge in [0.1, 0.15) is 18.0 Å². The summed E-state index contributed by atoms with van der Waals surface area (Å²) in [6, 6.07) is 16.4. The quantitative estimate of drug-likeness (QED) is 0.679. The summed E-state index contributed by atoms with van der Waals surface area (Å²) < 4.78 is 15.1. The SMILES string of the molecule is O=C(NCc1ccc(F)cc1)N1CCC(Cc2nncn2Cc2ccccc2)CC1. The second kappa shape index (κ2) is 9.52. The maximum absolute atomic E-state index is 13.0. The lowest BCUT2D eigenvalue weighted by molar-refractivity contribution is 0.169. The molecule has 1 aliphatic heterocycles. The minimum Gasteiger partial charge on any atom is -0.334 e. The van der Waals surface area contributed by atoms with Crippen LogP contribution in [0.3, 0.4) is 0 Å². The zero-order valence-electron chi connectivity index (χ0n) is 16.9. The molecule has 1 aromatic heterocycles. The fourth-order valence-corrected chi connectivity index (χ4v) is 3.84. The summed E-state index contributed by atoms with van der Waals surface area (Å²) in [6.07, 6.45) is 4.56. The van der Waals surface area contributed by atoms with E-state index in [-0.39, 0.29) is 11.8 Å². The van der Waals surface area contributed by atoms with Gasteiger partial charge in [-0.15, -0.1) is 10.2 Å². The number of carbonyl (C=O) groups excluding carboxylic acids is 1. The molecular weight excluding hydrogens is 381 g/mol. The van der Waals surface area contributed by atoms with E-state index < -0.39 is 0 Å². The standard InChI is InChI=1S/C23H26FN5O/c24-21-8-6-19(7-9-21)15-25-23(30)28-12-10-18(11-13-28)14-22-27-26-17-29(22)16-20-4-2-1-3-5-20/h1-9,17-18H,10-16H2,(H,25,30). The molecule has 3 aromatic rings. The van der Waals surface area contributed by atoms with Gasteiger partial charge in [-0.25, -0.2) is 9.18 Å². The van der Waals surface area contributed by atoms with Gasteiger partial charge in [0, 0.05) is 26.1 Å². The van der Waals surface area contributed by atoms with E-state index in [0.29, 0.717) is 12.5 Å². The van der Waals surface area contributed by atoms with Crippen molar-refractivity contribution in [2.24, 2.45) is 5.92 Å². The first-order valence-corrected chi connectivity index (χ1v) is 10.4. The number of likely N-dealkylation sites (tertiary alicyclic amines) is 1. The van der Waals surface area contributed by atoms with Gasteiger partial charge in [-0.3, -0.25) is 0 Å². The van der Waals surface area contributed by atoms with E-state index in [1.807, 2.05) is 23.1 Å². The summed E-state index contributed by atoms with van der Waals surface area (Å²) in [5, 5.41) is 11.3. The number of carbonyl (C=O) groups is 1. The zero-order valence-corrected chi connectivity index (χ0v) is 16.9. The van der Waals surface area contributed by atoms with Crippen LogP contribution < -0.4 is 5.32 Å². The Morgan fingerprint density at radius 3 is 2.50 bits per heavy atom. The van der Waals surface area contributed by atoms with Crippen molar-refractivity contribution in [2.75, 3.05) is 13.1 Å². The van der Waals surface area contributed by atoms with Gasteiger partial charge < -0.3 is 14.8 Å². The summed E-state index contributed by atoms with van der Waals surface area (Å²) in [5.74, 6) is 1.22. The van der Waals surface area contributed by atoms with Crippen LogP contribution in [0.4, 0.5) is 9.18 Å². The van der Waals surface area contributed by atoms with Gasteiger partial charge >= 0.3 is 6.03 Å². The van der Waals surface area contributed by atoms with Crippen LogP contribution in [-0.4, -0.2) is 38.8 Å². The van der Waals surface area contributed by atoms with E-state index in [1.165, 1.54) is 17.7 Å². The van der Waals surface area contributed by atoms with Crippen molar-refractivity contribution in [3.05, 3.63) is 83.7 Å². The molecule has 1 aliphatic rings. The molecule has 0 aliphatic carbocycles. The third-order valence-corrected chi connectivity index (χ3v) is 5.62. The van der Waals surface area contributed by atoms with Gasteiger partial charge in [-0.2, -0.15) is 0 Å². The summed E-state index contributed by atoms with van der Waals surface area (Å²) in [7, 11) is 0. The van der Waals surface area contributed by atoms with Crippen LogP contribution >= 0.6 is 0 Å². The topological polar surface area (TPSA) is 63.1 Å². The molecule has 0 atom stereocenters. The molecule has 2 heterocycles. The van der Waals surface area contributed by atoms with Crippen molar-refractivity contribution in [3.8, 4) is 0 Å². The van der Waals surface area contributed by atoms with Crippen LogP contribution in [0.25, 0.3) is 0 Å². The number of piperidine rings is 1. The lowest BCUT2D eigenvalue weighted by atomic mass is 9.93. The van der Waals surface area contributed by atoms with Crippen LogP contribution in [0.5, 0.6) is 0 Å². The van der Waals surface area contributed by atoms with Crippen molar-refractivity contribution in [1.82, 2.24) is 25.0 Å². The number of rotatable bonds is 6. The van der Waals surface area contributed by atoms with E-state index in [0.717, 1.165) is 50.3 Å². The number of hydrogen-bond acceptors (Lipinski definition) is 3. The van der Waals surface area contributed by atoms with Crippen LogP contribution in [-0.2, 0) is 19.5 Å². The molecule has 30 heavy (non-hydrogen) atoms. The first-order valence-electron chi connectivity index (χ1n) is 10.4. The second-order valence-corrected chi connectivity index (χ2v) is 7.78. The van der Waals surface area contributed by atoms with Crippen molar-refractivity contribution >= 4 is 6.03 Å². The maximum Gasteiger partial charge on any atom is 0.317 e. The Balaban J connectivity index is 1.24. The first kappa shape index (κ1) is 20.1. The molecule has 156 valence electrons. The lowest BCUT2D eigenvalue weighted by Gasteiger charge is -2.32. The Morgan fingerprint density at radius 1 is 1.03 bits per heavy atom. The maximum atomic E-state index is 13.0. The highest BCUT2D eigenvalue weighted by molar-refractivity contribution is 5.74. The summed E-state index contributed by atoms with van der Waals surface area (Å²) in [6.45, 7) is 2.63. The molecule has 7 heteroatoms. The Morgan fingerprint density at radius 2 is 1.77 bits per heavy atom. The van der Waals surface area contributed by atoms with Crippen LogP contribution in [0, 0.1) is 11.7 Å². The number of urea groups is 1. The molecule has 0 saturated carbocycles. The predicted molar refractivity (Wildman–Crippen MR) is 112 cm³/mol. The highest BCUT2D eigenvalue weighted by Gasteiger charge is 2.24. The highest BCUT2D eigenvalue weighted by Crippen LogP contribution is 2.21. The van der Waals surface area contributed by atoms with E-state index in [1.54, 1.807) is 18.5 Å². The number of amides is 2. The van der Waals surface area contributed by atoms with Crippen LogP contribution in [0.15, 0.2) is 60.9 Å². The molecule has 1 saturated heterocycles. The van der Waals surface area contributed by atoms with Crippen molar-refractivity contribution in [2.45, 2.75) is 32.4 Å². The van der Waals surface area contributed by atoms with Crippen molar-refractivity contribution < 1.29 is 9.18 Å². The van der Waals surface area contributed by atoms with E-state index in [2.05, 4.69) is 32.2 Å². The molecule has 2 aromatic carbocycles. The van der Waals surface area contributed by atoms with E-state index in [9.17, 15) is 9.18 Å². The van der Waals surface area contributed by atoms with Gasteiger partial charge in [0.25, 0.3) is 0 Å². The molecule has 0 radical (unpaired) electrons. The number of nitrogens with zero attached hydrogens (tertiary/aromatic N) is 4. The highest BCUT2D eigenvalue weighted by atomic mass is 19.1. The van der Waals surface area contributed by atoms with Gasteiger partial charge in [0.15, 0.2) is 0 Å². The number of benzene rings is 2. The molecule has 1 N–H and O–H groups in total. The fourth-order valence-electron chi connectivity index (χ4n) is 3.84. The van der Waals surface area contributed by atoms with Crippen molar-refractivity contribution in [3.63, 3.8) is 0 Å². The number of aromatic nitrogens is 3. The summed E-state index contributed by atoms with van der Waals surface area (Å²) >= 11 is 0. The Hall–Kier alpha value is -3.22. The normalized spacial score (nSPS) is 14.6. The number of hydrogen-bond donors (Lipinski definition) is 1. The Kier molecular flexibility index (Phi) is 6.37. The Bertz CT molecular complexity index is 949. The van der Waals surface area contributed by atoms with Gasteiger partial charge in [0.05, 0.1) is 6.54 Å². The average Bonchev–Trinajstić information content (AvgIpc) is 3.21. The number of halogens is 1. The Labute approximate surface area is 175 Å². The van der Waals surface area contributed by atoms with Gasteiger partial charge in [0.2, 0.25) is 0 Å². The third kappa shape index (κ3) is 5.23. The molecule has 0 spiro atoms. The summed E-state index contributed by atoms with van der Waals surface area (Å²) in [5.41, 5.74) is 2.11. The van der Waals surface area contributed by atoms with Crippen LogP contribution in [0.2, 0.25) is 0 Å². The molecule has 6 nitrogen and oxygen atoms in total. The van der Waals surface area contributed by atoms with E-state index in [4.69, 9.17) is 0 Å². The zero-order chi connectivity index (χ0) is 20.8. The van der Waals surface area contributed by atoms with Gasteiger partial charge in [-0.1, -0.05) is 42.5 Å². The van der Waals surface area contributed by atoms with Gasteiger partial charge in [-0.05, 0) is 42.0 Å². The fraction of sp³-hybridized carbons (Fsp3) is 0.348. The largest absolute Gasteiger partial charge is 0.334 e. The molecule has 2 amide bonds. The smallest absolute Gasteiger partial charge is 0.317 e. The first-order chi connectivity index (χ1) is 14.7. The third-order valence-electron chi connectivity index (χ3n) is 5.62. The average molecular weight is 407 g/mol. The predicted octanol–water partition coefficient (Wildman–Crippen LogP) is 3.63. The minimum atomic E-state index is -0.272. The molecule has 4 rings (SSSR count).